The van der Waals surface area contributed by atoms with Crippen LogP contribution in [-0.4, -0.2) is 10.8 Å². The van der Waals surface area contributed by atoms with Crippen LogP contribution >= 0.6 is 27.3 Å². The van der Waals surface area contributed by atoms with Crippen molar-refractivity contribution in [3.05, 3.63) is 103 Å². The molecule has 3 aromatic carbocycles. The molecule has 0 spiro atoms. The van der Waals surface area contributed by atoms with Crippen molar-refractivity contribution in [3.63, 3.8) is 0 Å². The molecule has 0 atom stereocenters. The van der Waals surface area contributed by atoms with Gasteiger partial charge in [0.1, 0.15) is 0 Å². The van der Waals surface area contributed by atoms with E-state index >= 15 is 0 Å². The predicted octanol–water partition coefficient (Wildman–Crippen LogP) is 6.72. The molecule has 150 valence electrons. The molecule has 1 heterocycles. The van der Waals surface area contributed by atoms with Gasteiger partial charge in [0.15, 0.2) is 0 Å². The fourth-order valence-corrected chi connectivity index (χ4v) is 4.73. The van der Waals surface area contributed by atoms with Crippen LogP contribution in [0.4, 0.5) is 11.4 Å². The highest BCUT2D eigenvalue weighted by atomic mass is 79.9. The third kappa shape index (κ3) is 4.13. The van der Waals surface area contributed by atoms with Crippen molar-refractivity contribution in [2.75, 3.05) is 5.32 Å². The second-order valence-electron chi connectivity index (χ2n) is 6.94. The van der Waals surface area contributed by atoms with Crippen LogP contribution in [0.3, 0.4) is 0 Å². The first kappa shape index (κ1) is 20.3. The Balaban J connectivity index is 1.73. The number of anilines is 1. The smallest absolute Gasteiger partial charge is 0.271 e. The van der Waals surface area contributed by atoms with E-state index in [9.17, 15) is 14.9 Å². The number of nitrogens with zero attached hydrogens (tertiary/aromatic N) is 1. The molecule has 0 fully saturated rings. The molecule has 30 heavy (non-hydrogen) atoms. The Bertz CT molecular complexity index is 1270. The van der Waals surface area contributed by atoms with Gasteiger partial charge in [-0.2, -0.15) is 0 Å². The van der Waals surface area contributed by atoms with Gasteiger partial charge in [-0.05, 0) is 57.9 Å². The Kier molecular flexibility index (Phi) is 5.65. The summed E-state index contributed by atoms with van der Waals surface area (Å²) in [7, 11) is 0. The average Bonchev–Trinajstić information content (AvgIpc) is 3.10. The van der Waals surface area contributed by atoms with Crippen molar-refractivity contribution < 1.29 is 9.72 Å². The second kappa shape index (κ2) is 8.38. The van der Waals surface area contributed by atoms with Crippen LogP contribution in [0.2, 0.25) is 0 Å². The molecule has 0 aliphatic carbocycles. The number of aryl methyl sites for hydroxylation is 1. The topological polar surface area (TPSA) is 72.2 Å². The lowest BCUT2D eigenvalue weighted by Gasteiger charge is -2.09. The van der Waals surface area contributed by atoms with Gasteiger partial charge in [-0.15, -0.1) is 11.3 Å². The first-order valence-electron chi connectivity index (χ1n) is 9.23. The molecule has 4 aromatic rings. The summed E-state index contributed by atoms with van der Waals surface area (Å²) < 4.78 is 1.62. The number of thiophene rings is 1. The monoisotopic (exact) mass is 480 g/mol. The van der Waals surface area contributed by atoms with Crippen LogP contribution in [0.1, 0.15) is 26.4 Å². The molecule has 1 amide bonds. The maximum Gasteiger partial charge on any atom is 0.271 e. The fraction of sp³-hybridized carbons (Fsp3) is 0.0870. The van der Waals surface area contributed by atoms with E-state index in [1.165, 1.54) is 29.0 Å². The lowest BCUT2D eigenvalue weighted by atomic mass is 10.0. The number of non-ortho nitro benzene ring substituents is 1. The van der Waals surface area contributed by atoms with Crippen molar-refractivity contribution in [2.45, 2.75) is 13.3 Å². The molecule has 0 unspecified atom stereocenters. The molecule has 0 bridgehead atoms. The summed E-state index contributed by atoms with van der Waals surface area (Å²) in [4.78, 5) is 24.4. The van der Waals surface area contributed by atoms with Crippen molar-refractivity contribution in [1.29, 1.82) is 0 Å². The molecular formula is C23H17BrN2O3S. The summed E-state index contributed by atoms with van der Waals surface area (Å²) >= 11 is 4.79. The first-order chi connectivity index (χ1) is 14.4. The van der Waals surface area contributed by atoms with Crippen molar-refractivity contribution in [3.8, 4) is 0 Å². The number of nitro benzene ring substituents is 1. The van der Waals surface area contributed by atoms with Crippen LogP contribution in [0.5, 0.6) is 0 Å². The van der Waals surface area contributed by atoms with E-state index in [0.717, 1.165) is 21.2 Å². The van der Waals surface area contributed by atoms with E-state index in [4.69, 9.17) is 0 Å². The Morgan fingerprint density at radius 3 is 2.57 bits per heavy atom. The number of nitro groups is 1. The molecule has 1 N–H and O–H groups in total. The third-order valence-corrected chi connectivity index (χ3v) is 6.72. The maximum atomic E-state index is 13.2. The van der Waals surface area contributed by atoms with E-state index in [0.29, 0.717) is 21.5 Å². The largest absolute Gasteiger partial charge is 0.320 e. The Morgan fingerprint density at radius 2 is 1.83 bits per heavy atom. The van der Waals surface area contributed by atoms with Crippen LogP contribution in [0.15, 0.2) is 71.2 Å². The lowest BCUT2D eigenvalue weighted by Crippen LogP contribution is -2.13. The zero-order valence-corrected chi connectivity index (χ0v) is 18.4. The molecule has 0 aliphatic rings. The number of fused-ring (bicyclic) bond motifs is 1. The zero-order chi connectivity index (χ0) is 21.3. The second-order valence-corrected chi connectivity index (χ2v) is 8.85. The summed E-state index contributed by atoms with van der Waals surface area (Å²) in [6, 6.07) is 20.5. The van der Waals surface area contributed by atoms with Gasteiger partial charge < -0.3 is 5.32 Å². The minimum Gasteiger partial charge on any atom is -0.320 e. The van der Waals surface area contributed by atoms with Crippen molar-refractivity contribution >= 4 is 54.6 Å². The molecule has 1 aromatic heterocycles. The van der Waals surface area contributed by atoms with Gasteiger partial charge in [0.2, 0.25) is 0 Å². The highest BCUT2D eigenvalue weighted by Gasteiger charge is 2.20. The molecule has 4 rings (SSSR count). The Labute approximate surface area is 185 Å². The summed E-state index contributed by atoms with van der Waals surface area (Å²) in [6.45, 7) is 2.04. The predicted molar refractivity (Wildman–Crippen MR) is 125 cm³/mol. The SMILES string of the molecule is Cc1ccc(Cc2c(C(=O)Nc3cc([N+](=O)[O-])ccc3Br)sc3ccccc23)cc1. The fourth-order valence-electron chi connectivity index (χ4n) is 3.27. The first-order valence-corrected chi connectivity index (χ1v) is 10.8. The number of rotatable bonds is 5. The standard InChI is InChI=1S/C23H17BrN2O3S/c1-14-6-8-15(9-7-14)12-18-17-4-2-3-5-21(17)30-22(18)23(27)25-20-13-16(26(28)29)10-11-19(20)24/h2-11,13H,12H2,1H3,(H,25,27). The summed E-state index contributed by atoms with van der Waals surface area (Å²) in [5.74, 6) is -0.278. The molecule has 0 saturated carbocycles. The van der Waals surface area contributed by atoms with Crippen LogP contribution < -0.4 is 5.32 Å². The van der Waals surface area contributed by atoms with Crippen LogP contribution in [0, 0.1) is 17.0 Å². The van der Waals surface area contributed by atoms with Crippen molar-refractivity contribution in [2.24, 2.45) is 0 Å². The van der Waals surface area contributed by atoms with Gasteiger partial charge in [-0.25, -0.2) is 0 Å². The van der Waals surface area contributed by atoms with Gasteiger partial charge in [0, 0.05) is 21.3 Å². The number of halogens is 1. The number of amides is 1. The number of benzene rings is 3. The average molecular weight is 481 g/mol. The number of carbonyl (C=O) groups excluding carboxylic acids is 1. The zero-order valence-electron chi connectivity index (χ0n) is 16.0. The minimum atomic E-state index is -0.482. The maximum absolute atomic E-state index is 13.2. The summed E-state index contributed by atoms with van der Waals surface area (Å²) in [6.07, 6.45) is 0.628. The van der Waals surface area contributed by atoms with Crippen LogP contribution in [0.25, 0.3) is 10.1 Å². The summed E-state index contributed by atoms with van der Waals surface area (Å²) in [5.41, 5.74) is 3.55. The van der Waals surface area contributed by atoms with Crippen LogP contribution in [-0.2, 0) is 6.42 Å². The van der Waals surface area contributed by atoms with E-state index in [2.05, 4.69) is 45.5 Å². The quantitative estimate of drug-likeness (QED) is 0.254. The van der Waals surface area contributed by atoms with E-state index < -0.39 is 4.92 Å². The highest BCUT2D eigenvalue weighted by Crippen LogP contribution is 2.35. The number of nitrogens with one attached hydrogen (secondary N) is 1. The normalized spacial score (nSPS) is 10.9. The third-order valence-electron chi connectivity index (χ3n) is 4.81. The molecule has 0 saturated heterocycles. The molecule has 0 radical (unpaired) electrons. The number of hydrogen-bond acceptors (Lipinski definition) is 4. The van der Waals surface area contributed by atoms with E-state index in [1.54, 1.807) is 6.07 Å². The van der Waals surface area contributed by atoms with Crippen molar-refractivity contribution in [1.82, 2.24) is 0 Å². The van der Waals surface area contributed by atoms with E-state index in [1.807, 2.05) is 31.2 Å². The lowest BCUT2D eigenvalue weighted by molar-refractivity contribution is -0.384. The highest BCUT2D eigenvalue weighted by molar-refractivity contribution is 9.10. The van der Waals surface area contributed by atoms with Gasteiger partial charge in [0.25, 0.3) is 11.6 Å². The van der Waals surface area contributed by atoms with Gasteiger partial charge in [-0.1, -0.05) is 48.0 Å². The molecular weight excluding hydrogens is 464 g/mol. The number of hydrogen-bond donors (Lipinski definition) is 1. The van der Waals surface area contributed by atoms with Gasteiger partial charge in [-0.3, -0.25) is 14.9 Å². The Hall–Kier alpha value is -3.03. The molecule has 7 heteroatoms. The number of carbonyl (C=O) groups is 1. The molecule has 0 aliphatic heterocycles. The van der Waals surface area contributed by atoms with E-state index in [-0.39, 0.29) is 11.6 Å². The molecule has 5 nitrogen and oxygen atoms in total. The summed E-state index contributed by atoms with van der Waals surface area (Å²) in [5, 5.41) is 15.0. The van der Waals surface area contributed by atoms with Gasteiger partial charge >= 0.3 is 0 Å². The minimum absolute atomic E-state index is 0.0790. The Morgan fingerprint density at radius 1 is 1.10 bits per heavy atom. The van der Waals surface area contributed by atoms with Gasteiger partial charge in [0.05, 0.1) is 15.5 Å².